The quantitative estimate of drug-likeness (QED) is 0.442. The highest BCUT2D eigenvalue weighted by atomic mass is 32.2. The summed E-state index contributed by atoms with van der Waals surface area (Å²) in [6.07, 6.45) is 3.64. The third-order valence-electron chi connectivity index (χ3n) is 4.80. The van der Waals surface area contributed by atoms with E-state index in [4.69, 9.17) is 9.26 Å². The van der Waals surface area contributed by atoms with Gasteiger partial charge in [0.1, 0.15) is 12.1 Å². The smallest absolute Gasteiger partial charge is 0.331 e. The lowest BCUT2D eigenvalue weighted by Crippen LogP contribution is -2.18. The van der Waals surface area contributed by atoms with Gasteiger partial charge in [0.2, 0.25) is 5.88 Å². The molecule has 3 heterocycles. The van der Waals surface area contributed by atoms with Gasteiger partial charge in [0.25, 0.3) is 0 Å². The molecule has 12 heteroatoms. The number of rotatable bonds is 5. The van der Waals surface area contributed by atoms with Gasteiger partial charge < -0.3 is 9.26 Å². The zero-order valence-corrected chi connectivity index (χ0v) is 19.7. The summed E-state index contributed by atoms with van der Waals surface area (Å²) in [5, 5.41) is 6.63. The lowest BCUT2D eigenvalue weighted by Gasteiger charge is -2.12. The molecular formula is C22H22FN5O5S. The van der Waals surface area contributed by atoms with E-state index in [9.17, 15) is 13.2 Å². The van der Waals surface area contributed by atoms with Crippen molar-refractivity contribution in [3.05, 3.63) is 60.1 Å². The minimum Gasteiger partial charge on any atom is -0.436 e. The van der Waals surface area contributed by atoms with Crippen molar-refractivity contribution in [1.29, 1.82) is 0 Å². The molecule has 0 saturated heterocycles. The van der Waals surface area contributed by atoms with E-state index in [1.807, 2.05) is 20.8 Å². The number of nitrogens with zero attached hydrogens (tertiary/aromatic N) is 4. The largest absolute Gasteiger partial charge is 0.436 e. The predicted octanol–water partition coefficient (Wildman–Crippen LogP) is 4.27. The van der Waals surface area contributed by atoms with Crippen molar-refractivity contribution in [3.63, 3.8) is 0 Å². The Labute approximate surface area is 194 Å². The Morgan fingerprint density at radius 2 is 1.97 bits per heavy atom. The number of amides is 1. The first-order valence-electron chi connectivity index (χ1n) is 10.2. The molecule has 0 bridgehead atoms. The van der Waals surface area contributed by atoms with Crippen LogP contribution >= 0.6 is 0 Å². The van der Waals surface area contributed by atoms with Crippen molar-refractivity contribution >= 4 is 32.6 Å². The molecule has 1 N–H and O–H groups in total. The van der Waals surface area contributed by atoms with Crippen molar-refractivity contribution in [3.8, 4) is 11.6 Å². The Balaban J connectivity index is 1.56. The average Bonchev–Trinajstić information content (AvgIpc) is 3.36. The molecule has 10 nitrogen and oxygen atoms in total. The maximum atomic E-state index is 15.1. The van der Waals surface area contributed by atoms with Gasteiger partial charge in [0.15, 0.2) is 27.2 Å². The molecule has 0 spiro atoms. The fourth-order valence-electron chi connectivity index (χ4n) is 3.17. The van der Waals surface area contributed by atoms with Gasteiger partial charge in [-0.15, -0.1) is 0 Å². The minimum atomic E-state index is -3.31. The molecule has 0 atom stereocenters. The summed E-state index contributed by atoms with van der Waals surface area (Å²) in [4.78, 5) is 20.5. The van der Waals surface area contributed by atoms with E-state index < -0.39 is 21.7 Å². The van der Waals surface area contributed by atoms with Crippen LogP contribution in [0.4, 0.5) is 15.0 Å². The number of carbonyl (C=O) groups is 1. The Morgan fingerprint density at radius 1 is 1.21 bits per heavy atom. The third-order valence-corrected chi connectivity index (χ3v) is 5.62. The first kappa shape index (κ1) is 23.4. The summed E-state index contributed by atoms with van der Waals surface area (Å²) in [6, 6.07) is 6.74. The molecule has 0 unspecified atom stereocenters. The lowest BCUT2D eigenvalue weighted by atomic mass is 9.93. The van der Waals surface area contributed by atoms with Gasteiger partial charge >= 0.3 is 6.03 Å². The van der Waals surface area contributed by atoms with E-state index in [2.05, 4.69) is 20.4 Å². The molecule has 0 aliphatic carbocycles. The van der Waals surface area contributed by atoms with Crippen LogP contribution in [0.1, 0.15) is 32.2 Å². The number of fused-ring (bicyclic) bond motifs is 1. The number of nitrogens with one attached hydrogen (secondary N) is 1. The summed E-state index contributed by atoms with van der Waals surface area (Å²) < 4.78 is 50.1. The minimum absolute atomic E-state index is 0.00948. The number of benzene rings is 1. The van der Waals surface area contributed by atoms with Crippen molar-refractivity contribution < 1.29 is 26.9 Å². The second kappa shape index (κ2) is 8.52. The zero-order chi connectivity index (χ0) is 24.7. The Morgan fingerprint density at radius 3 is 2.65 bits per heavy atom. The number of halogens is 1. The molecule has 0 fully saturated rings. The molecule has 34 heavy (non-hydrogen) atoms. The van der Waals surface area contributed by atoms with Crippen LogP contribution in [0.3, 0.4) is 0 Å². The van der Waals surface area contributed by atoms with Crippen LogP contribution in [-0.4, -0.2) is 40.4 Å². The monoisotopic (exact) mass is 487 g/mol. The number of carbonyl (C=O) groups excluding carboxylic acids is 1. The molecule has 3 aromatic heterocycles. The highest BCUT2D eigenvalue weighted by Gasteiger charge is 2.21. The molecule has 4 rings (SSSR count). The molecule has 0 aliphatic heterocycles. The summed E-state index contributed by atoms with van der Waals surface area (Å²) in [7, 11) is -3.31. The molecule has 0 aliphatic rings. The fourth-order valence-corrected chi connectivity index (χ4v) is 3.86. The van der Waals surface area contributed by atoms with Gasteiger partial charge in [-0.05, 0) is 18.2 Å². The van der Waals surface area contributed by atoms with Crippen LogP contribution in [0.15, 0.2) is 47.4 Å². The molecule has 178 valence electrons. The van der Waals surface area contributed by atoms with Gasteiger partial charge in [-0.3, -0.25) is 9.88 Å². The Kier molecular flexibility index (Phi) is 5.86. The van der Waals surface area contributed by atoms with Gasteiger partial charge in [-0.1, -0.05) is 25.9 Å². The maximum absolute atomic E-state index is 15.1. The van der Waals surface area contributed by atoms with Crippen LogP contribution in [0.25, 0.3) is 10.9 Å². The summed E-state index contributed by atoms with van der Waals surface area (Å²) >= 11 is 0. The van der Waals surface area contributed by atoms with E-state index in [1.165, 1.54) is 35.0 Å². The number of ether oxygens (including phenoxy) is 1. The topological polar surface area (TPSA) is 129 Å². The predicted molar refractivity (Wildman–Crippen MR) is 122 cm³/mol. The first-order chi connectivity index (χ1) is 15.9. The van der Waals surface area contributed by atoms with Gasteiger partial charge in [-0.25, -0.2) is 27.6 Å². The molecule has 4 aromatic rings. The Bertz CT molecular complexity index is 1490. The molecular weight excluding hydrogens is 465 g/mol. The number of hydrogen-bond donors (Lipinski definition) is 1. The summed E-state index contributed by atoms with van der Waals surface area (Å²) in [6.45, 7) is 5.86. The summed E-state index contributed by atoms with van der Waals surface area (Å²) in [5.41, 5.74) is 0.256. The lowest BCUT2D eigenvalue weighted by molar-refractivity contribution is 0.254. The highest BCUT2D eigenvalue weighted by Crippen LogP contribution is 2.31. The van der Waals surface area contributed by atoms with Crippen LogP contribution in [0.2, 0.25) is 0 Å². The van der Waals surface area contributed by atoms with E-state index in [0.29, 0.717) is 11.3 Å². The highest BCUT2D eigenvalue weighted by molar-refractivity contribution is 7.89. The normalized spacial score (nSPS) is 12.1. The zero-order valence-electron chi connectivity index (χ0n) is 18.9. The second-order valence-electron chi connectivity index (χ2n) is 8.77. The van der Waals surface area contributed by atoms with Gasteiger partial charge in [0, 0.05) is 35.4 Å². The second-order valence-corrected chi connectivity index (χ2v) is 10.9. The molecule has 0 saturated carbocycles. The number of anilines is 1. The molecule has 0 radical (unpaired) electrons. The summed E-state index contributed by atoms with van der Waals surface area (Å²) in [5.74, 6) is -0.300. The standard InChI is InChI=1S/C22H22FN5O5S/c1-22(2,3)17-10-18(27-33-17)26-21(29)28-8-7-14-15(28)5-6-16(20(14)23)32-19-9-13(24-12-25-19)11-34(4,30)31/h5-10,12H,11H2,1-4H3,(H,26,27,29). The molecule has 1 amide bonds. The van der Waals surface area contributed by atoms with E-state index in [0.717, 1.165) is 12.6 Å². The maximum Gasteiger partial charge on any atom is 0.331 e. The third kappa shape index (κ3) is 5.06. The van der Waals surface area contributed by atoms with Crippen LogP contribution < -0.4 is 10.1 Å². The molecule has 1 aromatic carbocycles. The number of aromatic nitrogens is 4. The van der Waals surface area contributed by atoms with Crippen molar-refractivity contribution in [1.82, 2.24) is 19.7 Å². The van der Waals surface area contributed by atoms with Crippen molar-refractivity contribution in [2.24, 2.45) is 0 Å². The van der Waals surface area contributed by atoms with Crippen LogP contribution in [0, 0.1) is 5.82 Å². The van der Waals surface area contributed by atoms with Crippen molar-refractivity contribution in [2.45, 2.75) is 31.9 Å². The first-order valence-corrected chi connectivity index (χ1v) is 12.2. The van der Waals surface area contributed by atoms with E-state index in [-0.39, 0.29) is 39.7 Å². The van der Waals surface area contributed by atoms with E-state index in [1.54, 1.807) is 6.07 Å². The SMILES string of the molecule is CC(C)(C)c1cc(NC(=O)n2ccc3c(F)c(Oc4cc(CS(C)(=O)=O)ncn4)ccc32)no1. The number of hydrogen-bond acceptors (Lipinski definition) is 8. The fraction of sp³-hybridized carbons (Fsp3) is 0.273. The van der Waals surface area contributed by atoms with Crippen LogP contribution in [0.5, 0.6) is 11.6 Å². The van der Waals surface area contributed by atoms with Crippen molar-refractivity contribution in [2.75, 3.05) is 11.6 Å². The van der Waals surface area contributed by atoms with E-state index >= 15 is 4.39 Å². The van der Waals surface area contributed by atoms with Gasteiger partial charge in [-0.2, -0.15) is 0 Å². The number of sulfone groups is 1. The van der Waals surface area contributed by atoms with Gasteiger partial charge in [0.05, 0.1) is 17.0 Å². The Hall–Kier alpha value is -3.80. The van der Waals surface area contributed by atoms with Crippen LogP contribution in [-0.2, 0) is 21.0 Å². The average molecular weight is 488 g/mol.